The van der Waals surface area contributed by atoms with E-state index in [-0.39, 0.29) is 11.9 Å². The highest BCUT2D eigenvalue weighted by Gasteiger charge is 2.59. The SMILES string of the molecule is CC(C)(C)CCCCCC(=O)OOC(C)(C)C1(C(C)(C)OOC(=O)CCCCCC(C)(C)C)CCCCC1. The minimum atomic E-state index is -0.821. The fourth-order valence-corrected chi connectivity index (χ4v) is 5.83. The van der Waals surface area contributed by atoms with Crippen LogP contribution in [0.15, 0.2) is 0 Å². The van der Waals surface area contributed by atoms with Gasteiger partial charge in [-0.05, 0) is 77.0 Å². The van der Waals surface area contributed by atoms with Crippen LogP contribution in [0.2, 0.25) is 0 Å². The van der Waals surface area contributed by atoms with Crippen molar-refractivity contribution in [2.24, 2.45) is 16.2 Å². The summed E-state index contributed by atoms with van der Waals surface area (Å²) < 4.78 is 0. The maximum atomic E-state index is 12.5. The second-order valence-corrected chi connectivity index (χ2v) is 15.0. The van der Waals surface area contributed by atoms with E-state index in [0.29, 0.717) is 23.7 Å². The normalized spacial score (nSPS) is 16.8. The highest BCUT2D eigenvalue weighted by atomic mass is 17.2. The molecule has 0 bridgehead atoms. The van der Waals surface area contributed by atoms with E-state index in [4.69, 9.17) is 19.6 Å². The second-order valence-electron chi connectivity index (χ2n) is 15.0. The molecule has 0 aliphatic heterocycles. The zero-order valence-corrected chi connectivity index (χ0v) is 26.6. The van der Waals surface area contributed by atoms with E-state index in [1.54, 1.807) is 0 Å². The zero-order valence-electron chi connectivity index (χ0n) is 26.6. The molecule has 0 atom stereocenters. The van der Waals surface area contributed by atoms with Crippen molar-refractivity contribution in [1.82, 2.24) is 0 Å². The predicted octanol–water partition coefficient (Wildman–Crippen LogP) is 9.44. The van der Waals surface area contributed by atoms with E-state index in [2.05, 4.69) is 41.5 Å². The summed E-state index contributed by atoms with van der Waals surface area (Å²) in [4.78, 5) is 47.4. The molecule has 0 aromatic rings. The highest BCUT2D eigenvalue weighted by Crippen LogP contribution is 2.55. The van der Waals surface area contributed by atoms with Gasteiger partial charge in [0.25, 0.3) is 0 Å². The zero-order chi connectivity index (χ0) is 29.1. The maximum Gasteiger partial charge on any atom is 0.342 e. The topological polar surface area (TPSA) is 71.1 Å². The standard InChI is InChI=1S/C32H60O6/c1-28(2,3)22-16-11-14-20-26(33)35-37-30(7,8)32(24-18-13-19-25-32)31(9,10)38-36-27(34)21-15-12-17-23-29(4,5)6/h11-25H2,1-10H3. The van der Waals surface area contributed by atoms with Crippen LogP contribution in [0.4, 0.5) is 0 Å². The first kappa shape index (κ1) is 34.9. The van der Waals surface area contributed by atoms with E-state index in [9.17, 15) is 9.59 Å². The Morgan fingerprint density at radius 2 is 0.921 bits per heavy atom. The Balaban J connectivity index is 2.63. The summed E-state index contributed by atoms with van der Waals surface area (Å²) in [6.07, 6.45) is 13.6. The van der Waals surface area contributed by atoms with Gasteiger partial charge in [-0.3, -0.25) is 9.78 Å². The number of unbranched alkanes of at least 4 members (excludes halogenated alkanes) is 4. The van der Waals surface area contributed by atoms with Crippen LogP contribution in [0.25, 0.3) is 0 Å². The van der Waals surface area contributed by atoms with Crippen molar-refractivity contribution in [2.45, 2.75) is 177 Å². The first-order valence-corrected chi connectivity index (χ1v) is 15.2. The molecule has 1 fully saturated rings. The van der Waals surface area contributed by atoms with Crippen LogP contribution in [0, 0.1) is 16.2 Å². The van der Waals surface area contributed by atoms with E-state index in [1.165, 1.54) is 0 Å². The third-order valence-electron chi connectivity index (χ3n) is 8.31. The molecule has 0 N–H and O–H groups in total. The van der Waals surface area contributed by atoms with Crippen molar-refractivity contribution in [2.75, 3.05) is 0 Å². The summed E-state index contributed by atoms with van der Waals surface area (Å²) in [5, 5.41) is 0. The third-order valence-corrected chi connectivity index (χ3v) is 8.31. The Morgan fingerprint density at radius 1 is 0.553 bits per heavy atom. The molecule has 6 heteroatoms. The summed E-state index contributed by atoms with van der Waals surface area (Å²) >= 11 is 0. The molecule has 0 amide bonds. The molecule has 0 heterocycles. The van der Waals surface area contributed by atoms with Crippen molar-refractivity contribution in [3.63, 3.8) is 0 Å². The van der Waals surface area contributed by atoms with Crippen LogP contribution >= 0.6 is 0 Å². The lowest BCUT2D eigenvalue weighted by Crippen LogP contribution is -2.60. The first-order valence-electron chi connectivity index (χ1n) is 15.2. The molecule has 0 radical (unpaired) electrons. The molecule has 6 nitrogen and oxygen atoms in total. The molecule has 1 saturated carbocycles. The lowest BCUT2D eigenvalue weighted by molar-refractivity contribution is -0.408. The Hall–Kier alpha value is -1.14. The van der Waals surface area contributed by atoms with Gasteiger partial charge in [-0.15, -0.1) is 0 Å². The molecule has 1 aliphatic rings. The van der Waals surface area contributed by atoms with Gasteiger partial charge in [-0.2, -0.15) is 9.78 Å². The smallest absolute Gasteiger partial charge is 0.298 e. The van der Waals surface area contributed by atoms with Gasteiger partial charge in [0, 0.05) is 18.3 Å². The van der Waals surface area contributed by atoms with Crippen molar-refractivity contribution >= 4 is 11.9 Å². The maximum absolute atomic E-state index is 12.5. The Morgan fingerprint density at radius 3 is 1.26 bits per heavy atom. The quantitative estimate of drug-likeness (QED) is 0.110. The first-order chi connectivity index (χ1) is 17.4. The second kappa shape index (κ2) is 15.0. The van der Waals surface area contributed by atoms with Gasteiger partial charge in [0.1, 0.15) is 11.2 Å². The lowest BCUT2D eigenvalue weighted by atomic mass is 9.56. The van der Waals surface area contributed by atoms with Crippen molar-refractivity contribution < 1.29 is 29.1 Å². The molecular formula is C32H60O6. The van der Waals surface area contributed by atoms with Crippen LogP contribution < -0.4 is 0 Å². The minimum absolute atomic E-state index is 0.317. The summed E-state index contributed by atoms with van der Waals surface area (Å²) in [6.45, 7) is 21.2. The van der Waals surface area contributed by atoms with Crippen LogP contribution in [-0.2, 0) is 29.1 Å². The minimum Gasteiger partial charge on any atom is -0.298 e. The fourth-order valence-electron chi connectivity index (χ4n) is 5.83. The molecule has 0 aromatic heterocycles. The van der Waals surface area contributed by atoms with Gasteiger partial charge in [0.05, 0.1) is 0 Å². The van der Waals surface area contributed by atoms with E-state index in [0.717, 1.165) is 83.5 Å². The number of hydrogen-bond acceptors (Lipinski definition) is 6. The Kier molecular flexibility index (Phi) is 13.8. The van der Waals surface area contributed by atoms with Crippen molar-refractivity contribution in [3.05, 3.63) is 0 Å². The van der Waals surface area contributed by atoms with Gasteiger partial charge in [0.2, 0.25) is 0 Å². The lowest BCUT2D eigenvalue weighted by Gasteiger charge is -2.54. The van der Waals surface area contributed by atoms with Gasteiger partial charge in [-0.1, -0.05) is 86.5 Å². The summed E-state index contributed by atoms with van der Waals surface area (Å²) in [6, 6.07) is 0. The number of rotatable bonds is 16. The van der Waals surface area contributed by atoms with Crippen molar-refractivity contribution in [3.8, 4) is 0 Å². The van der Waals surface area contributed by atoms with E-state index >= 15 is 0 Å². The monoisotopic (exact) mass is 540 g/mol. The molecule has 0 saturated heterocycles. The van der Waals surface area contributed by atoms with Gasteiger partial charge < -0.3 is 0 Å². The number of carbonyl (C=O) groups is 2. The highest BCUT2D eigenvalue weighted by molar-refractivity contribution is 5.68. The average molecular weight is 541 g/mol. The predicted molar refractivity (Wildman–Crippen MR) is 153 cm³/mol. The fraction of sp³-hybridized carbons (Fsp3) is 0.938. The third kappa shape index (κ3) is 12.4. The molecule has 38 heavy (non-hydrogen) atoms. The summed E-state index contributed by atoms with van der Waals surface area (Å²) in [5.41, 5.74) is -1.50. The molecule has 0 unspecified atom stereocenters. The molecule has 1 aliphatic carbocycles. The van der Waals surface area contributed by atoms with Crippen LogP contribution in [0.1, 0.15) is 166 Å². The summed E-state index contributed by atoms with van der Waals surface area (Å²) in [7, 11) is 0. The van der Waals surface area contributed by atoms with Gasteiger partial charge >= 0.3 is 11.9 Å². The van der Waals surface area contributed by atoms with Crippen LogP contribution in [0.3, 0.4) is 0 Å². The van der Waals surface area contributed by atoms with Crippen molar-refractivity contribution in [1.29, 1.82) is 0 Å². The molecule has 0 aromatic carbocycles. The average Bonchev–Trinajstić information content (AvgIpc) is 2.80. The van der Waals surface area contributed by atoms with Crippen LogP contribution in [-0.4, -0.2) is 23.1 Å². The molecule has 1 rings (SSSR count). The molecule has 0 spiro atoms. The Labute approximate surface area is 234 Å². The van der Waals surface area contributed by atoms with Crippen LogP contribution in [0.5, 0.6) is 0 Å². The molecule has 224 valence electrons. The largest absolute Gasteiger partial charge is 0.342 e. The molecular weight excluding hydrogens is 480 g/mol. The van der Waals surface area contributed by atoms with Gasteiger partial charge in [-0.25, -0.2) is 9.59 Å². The number of hydrogen-bond donors (Lipinski definition) is 0. The number of carbonyl (C=O) groups excluding carboxylic acids is 2. The summed E-state index contributed by atoms with van der Waals surface area (Å²) in [5.74, 6) is -0.673. The Bertz CT molecular complexity index is 650. The van der Waals surface area contributed by atoms with E-state index in [1.807, 2.05) is 27.7 Å². The van der Waals surface area contributed by atoms with E-state index < -0.39 is 16.6 Å². The van der Waals surface area contributed by atoms with Gasteiger partial charge in [0.15, 0.2) is 0 Å².